The van der Waals surface area contributed by atoms with E-state index in [9.17, 15) is 14.0 Å². The Morgan fingerprint density at radius 3 is 2.32 bits per heavy atom. The van der Waals surface area contributed by atoms with Gasteiger partial charge in [0.1, 0.15) is 17.3 Å². The smallest absolute Gasteiger partial charge is 0.260 e. The Balaban J connectivity index is 1.44. The summed E-state index contributed by atoms with van der Waals surface area (Å²) < 4.78 is 19.5. The molecule has 0 unspecified atom stereocenters. The summed E-state index contributed by atoms with van der Waals surface area (Å²) in [5.41, 5.74) is 1.65. The van der Waals surface area contributed by atoms with Crippen LogP contribution < -0.4 is 9.64 Å². The molecule has 5 nitrogen and oxygen atoms in total. The number of carbonyl (C=O) groups is 2. The molecule has 0 aliphatic carbocycles. The number of benzene rings is 2. The average Bonchev–Trinajstić information content (AvgIpc) is 2.72. The second kappa shape index (κ2) is 9.35. The van der Waals surface area contributed by atoms with Gasteiger partial charge in [-0.15, -0.1) is 0 Å². The van der Waals surface area contributed by atoms with Gasteiger partial charge in [0.2, 0.25) is 0 Å². The molecular formula is C22H25FN2O3. The van der Waals surface area contributed by atoms with E-state index in [0.29, 0.717) is 50.5 Å². The number of para-hydroxylation sites is 1. The number of carbonyl (C=O) groups excluding carboxylic acids is 2. The van der Waals surface area contributed by atoms with Crippen molar-refractivity contribution >= 4 is 17.4 Å². The third-order valence-electron chi connectivity index (χ3n) is 4.88. The monoisotopic (exact) mass is 384 g/mol. The number of piperazine rings is 1. The summed E-state index contributed by atoms with van der Waals surface area (Å²) in [6.07, 6.45) is 1.23. The van der Waals surface area contributed by atoms with Crippen molar-refractivity contribution in [2.45, 2.75) is 19.8 Å². The second-order valence-electron chi connectivity index (χ2n) is 6.95. The maximum atomic E-state index is 13.9. The van der Waals surface area contributed by atoms with Crippen LogP contribution in [-0.2, 0) is 16.0 Å². The summed E-state index contributed by atoms with van der Waals surface area (Å²) in [6, 6.07) is 14.2. The Bertz CT molecular complexity index is 815. The minimum Gasteiger partial charge on any atom is -0.484 e. The van der Waals surface area contributed by atoms with Gasteiger partial charge in [-0.05, 0) is 43.2 Å². The Labute approximate surface area is 164 Å². The lowest BCUT2D eigenvalue weighted by Gasteiger charge is -2.36. The Morgan fingerprint density at radius 2 is 1.68 bits per heavy atom. The molecule has 0 spiro atoms. The molecule has 6 heteroatoms. The van der Waals surface area contributed by atoms with Crippen molar-refractivity contribution in [3.63, 3.8) is 0 Å². The number of ether oxygens (including phenoxy) is 1. The highest BCUT2D eigenvalue weighted by Crippen LogP contribution is 2.20. The first kappa shape index (κ1) is 19.9. The fraction of sp³-hybridized carbons (Fsp3) is 0.364. The summed E-state index contributed by atoms with van der Waals surface area (Å²) in [5.74, 6) is 0.483. The van der Waals surface area contributed by atoms with Crippen LogP contribution in [0.1, 0.15) is 18.9 Å². The lowest BCUT2D eigenvalue weighted by molar-refractivity contribution is -0.133. The topological polar surface area (TPSA) is 49.9 Å². The summed E-state index contributed by atoms with van der Waals surface area (Å²) in [4.78, 5) is 27.1. The molecule has 148 valence electrons. The summed E-state index contributed by atoms with van der Waals surface area (Å²) in [7, 11) is 0. The Kier molecular flexibility index (Phi) is 6.63. The molecule has 0 N–H and O–H groups in total. The minimum atomic E-state index is -0.239. The maximum absolute atomic E-state index is 13.9. The zero-order valence-electron chi connectivity index (χ0n) is 16.1. The van der Waals surface area contributed by atoms with Crippen molar-refractivity contribution in [3.05, 3.63) is 59.9 Å². The highest BCUT2D eigenvalue weighted by Gasteiger charge is 2.22. The van der Waals surface area contributed by atoms with Crippen LogP contribution in [0.2, 0.25) is 0 Å². The number of Topliss-reactive ketones (excluding diaryl/α,β-unsaturated/α-hetero) is 1. The first-order chi connectivity index (χ1) is 13.5. The second-order valence-corrected chi connectivity index (χ2v) is 6.95. The van der Waals surface area contributed by atoms with Gasteiger partial charge in [-0.1, -0.05) is 24.3 Å². The van der Waals surface area contributed by atoms with E-state index < -0.39 is 0 Å². The normalized spacial score (nSPS) is 14.1. The number of nitrogens with zero attached hydrogens (tertiary/aromatic N) is 2. The number of ketones is 1. The molecule has 2 aromatic rings. The van der Waals surface area contributed by atoms with Gasteiger partial charge in [-0.3, -0.25) is 4.79 Å². The van der Waals surface area contributed by atoms with Crippen LogP contribution in [0.4, 0.5) is 10.1 Å². The quantitative estimate of drug-likeness (QED) is 0.736. The largest absolute Gasteiger partial charge is 0.484 e. The molecule has 1 saturated heterocycles. The molecule has 1 heterocycles. The fourth-order valence-electron chi connectivity index (χ4n) is 3.21. The maximum Gasteiger partial charge on any atom is 0.260 e. The molecular weight excluding hydrogens is 359 g/mol. The zero-order chi connectivity index (χ0) is 19.9. The van der Waals surface area contributed by atoms with Crippen molar-refractivity contribution in [1.82, 2.24) is 4.90 Å². The van der Waals surface area contributed by atoms with Crippen LogP contribution in [0, 0.1) is 5.82 Å². The summed E-state index contributed by atoms with van der Waals surface area (Å²) >= 11 is 0. The lowest BCUT2D eigenvalue weighted by atomic mass is 10.1. The fourth-order valence-corrected chi connectivity index (χ4v) is 3.21. The van der Waals surface area contributed by atoms with E-state index in [-0.39, 0.29) is 24.1 Å². The van der Waals surface area contributed by atoms with Gasteiger partial charge < -0.3 is 19.3 Å². The van der Waals surface area contributed by atoms with E-state index in [4.69, 9.17) is 4.74 Å². The van der Waals surface area contributed by atoms with Crippen LogP contribution in [0.15, 0.2) is 48.5 Å². The molecule has 0 bridgehead atoms. The van der Waals surface area contributed by atoms with Crippen molar-refractivity contribution in [2.75, 3.05) is 37.7 Å². The first-order valence-electron chi connectivity index (χ1n) is 9.51. The molecule has 1 aliphatic heterocycles. The number of hydrogen-bond acceptors (Lipinski definition) is 4. The van der Waals surface area contributed by atoms with Crippen LogP contribution in [0.3, 0.4) is 0 Å². The molecule has 1 aliphatic rings. The van der Waals surface area contributed by atoms with E-state index in [0.717, 1.165) is 5.56 Å². The highest BCUT2D eigenvalue weighted by atomic mass is 19.1. The third-order valence-corrected chi connectivity index (χ3v) is 4.88. The van der Waals surface area contributed by atoms with Crippen LogP contribution in [0.5, 0.6) is 5.75 Å². The molecule has 0 radical (unpaired) electrons. The van der Waals surface area contributed by atoms with Gasteiger partial charge in [-0.2, -0.15) is 0 Å². The molecule has 1 fully saturated rings. The number of hydrogen-bond donors (Lipinski definition) is 0. The Hall–Kier alpha value is -2.89. The first-order valence-corrected chi connectivity index (χ1v) is 9.51. The summed E-state index contributed by atoms with van der Waals surface area (Å²) in [5, 5.41) is 0. The van der Waals surface area contributed by atoms with Gasteiger partial charge in [0.05, 0.1) is 5.69 Å². The number of halogens is 1. The SMILES string of the molecule is CC(=O)CCc1ccc(OCC(=O)N2CCN(c3ccccc3F)CC2)cc1. The Morgan fingerprint density at radius 1 is 1.00 bits per heavy atom. The summed E-state index contributed by atoms with van der Waals surface area (Å²) in [6.45, 7) is 3.84. The van der Waals surface area contributed by atoms with Crippen molar-refractivity contribution < 1.29 is 18.7 Å². The van der Waals surface area contributed by atoms with E-state index in [1.54, 1.807) is 24.0 Å². The van der Waals surface area contributed by atoms with E-state index in [1.165, 1.54) is 6.07 Å². The number of rotatable bonds is 7. The van der Waals surface area contributed by atoms with E-state index in [2.05, 4.69) is 0 Å². The molecule has 28 heavy (non-hydrogen) atoms. The molecule has 3 rings (SSSR count). The van der Waals surface area contributed by atoms with E-state index in [1.807, 2.05) is 35.2 Å². The zero-order valence-corrected chi connectivity index (χ0v) is 16.1. The number of amides is 1. The van der Waals surface area contributed by atoms with Gasteiger partial charge in [-0.25, -0.2) is 4.39 Å². The van der Waals surface area contributed by atoms with Crippen LogP contribution >= 0.6 is 0 Å². The number of anilines is 1. The standard InChI is InChI=1S/C22H25FN2O3/c1-17(26)6-7-18-8-10-19(11-9-18)28-16-22(27)25-14-12-24(13-15-25)21-5-3-2-4-20(21)23/h2-5,8-11H,6-7,12-16H2,1H3. The molecule has 0 aromatic heterocycles. The van der Waals surface area contributed by atoms with Crippen molar-refractivity contribution in [1.29, 1.82) is 0 Å². The van der Waals surface area contributed by atoms with Crippen LogP contribution in [0.25, 0.3) is 0 Å². The third kappa shape index (κ3) is 5.31. The van der Waals surface area contributed by atoms with Gasteiger partial charge in [0, 0.05) is 32.6 Å². The number of aryl methyl sites for hydroxylation is 1. The predicted octanol–water partition coefficient (Wildman–Crippen LogP) is 3.07. The van der Waals surface area contributed by atoms with Crippen molar-refractivity contribution in [2.24, 2.45) is 0 Å². The molecule has 0 saturated carbocycles. The van der Waals surface area contributed by atoms with Crippen molar-refractivity contribution in [3.8, 4) is 5.75 Å². The molecule has 1 amide bonds. The molecule has 2 aromatic carbocycles. The highest BCUT2D eigenvalue weighted by molar-refractivity contribution is 5.78. The lowest BCUT2D eigenvalue weighted by Crippen LogP contribution is -2.50. The van der Waals surface area contributed by atoms with E-state index >= 15 is 0 Å². The predicted molar refractivity (Wildman–Crippen MR) is 106 cm³/mol. The average molecular weight is 384 g/mol. The van der Waals surface area contributed by atoms with Gasteiger partial charge >= 0.3 is 0 Å². The van der Waals surface area contributed by atoms with Gasteiger partial charge in [0.25, 0.3) is 5.91 Å². The van der Waals surface area contributed by atoms with Gasteiger partial charge in [0.15, 0.2) is 6.61 Å². The van der Waals surface area contributed by atoms with Crippen LogP contribution in [-0.4, -0.2) is 49.4 Å². The molecule has 0 atom stereocenters. The minimum absolute atomic E-state index is 0.0213.